The van der Waals surface area contributed by atoms with Gasteiger partial charge in [0.25, 0.3) is 11.5 Å². The van der Waals surface area contributed by atoms with Crippen molar-refractivity contribution in [2.75, 3.05) is 0 Å². The number of benzene rings is 2. The summed E-state index contributed by atoms with van der Waals surface area (Å²) >= 11 is 5.53. The molecule has 4 rings (SSSR count). The number of halogens is 8. The van der Waals surface area contributed by atoms with Crippen molar-refractivity contribution in [2.45, 2.75) is 63.0 Å². The third-order valence-corrected chi connectivity index (χ3v) is 7.30. The molecule has 0 bridgehead atoms. The van der Waals surface area contributed by atoms with Gasteiger partial charge in [0, 0.05) is 23.1 Å². The Morgan fingerprint density at radius 3 is 2.36 bits per heavy atom. The molecule has 0 radical (unpaired) electrons. The van der Waals surface area contributed by atoms with Gasteiger partial charge in [0.15, 0.2) is 0 Å². The highest BCUT2D eigenvalue weighted by Gasteiger charge is 2.64. The number of alkyl halides is 6. The molecule has 39 heavy (non-hydrogen) atoms. The number of aryl methyl sites for hydroxylation is 1. The van der Waals surface area contributed by atoms with Crippen LogP contribution < -0.4 is 5.32 Å². The van der Waals surface area contributed by atoms with Crippen LogP contribution >= 0.6 is 11.6 Å². The van der Waals surface area contributed by atoms with Gasteiger partial charge in [0.1, 0.15) is 5.82 Å². The molecule has 0 aromatic heterocycles. The first kappa shape index (κ1) is 28.7. The molecule has 1 saturated carbocycles. The molecular weight excluding hydrogens is 555 g/mol. The van der Waals surface area contributed by atoms with Crippen molar-refractivity contribution >= 4 is 23.2 Å². The topological polar surface area (TPSA) is 74.5 Å². The number of hydrogen-bond acceptors (Lipinski definition) is 4. The molecule has 2 aromatic carbocycles. The maximum atomic E-state index is 14.8. The number of carbonyl (C=O) groups excluding carboxylic acids is 1. The van der Waals surface area contributed by atoms with Crippen molar-refractivity contribution in [3.05, 3.63) is 69.0 Å². The van der Waals surface area contributed by atoms with Crippen LogP contribution in [0.3, 0.4) is 0 Å². The summed E-state index contributed by atoms with van der Waals surface area (Å²) in [4.78, 5) is 17.5. The lowest BCUT2D eigenvalue weighted by Crippen LogP contribution is -2.43. The van der Waals surface area contributed by atoms with E-state index in [4.69, 9.17) is 21.7 Å². The molecule has 0 unspecified atom stereocenters. The fourth-order valence-corrected chi connectivity index (χ4v) is 5.03. The lowest BCUT2D eigenvalue weighted by molar-refractivity contribution is -0.276. The molecule has 13 heteroatoms. The molecule has 5 nitrogen and oxygen atoms in total. The van der Waals surface area contributed by atoms with Gasteiger partial charge < -0.3 is 10.2 Å². The van der Waals surface area contributed by atoms with Crippen molar-refractivity contribution in [3.8, 4) is 6.07 Å². The van der Waals surface area contributed by atoms with E-state index in [1.165, 1.54) is 18.2 Å². The first-order chi connectivity index (χ1) is 18.2. The average molecular weight is 576 g/mol. The zero-order valence-corrected chi connectivity index (χ0v) is 21.1. The molecule has 1 N–H and O–H groups in total. The van der Waals surface area contributed by atoms with Gasteiger partial charge in [-0.25, -0.2) is 4.39 Å². The molecule has 1 aliphatic carbocycles. The maximum absolute atomic E-state index is 14.8. The summed E-state index contributed by atoms with van der Waals surface area (Å²) < 4.78 is 97.5. The van der Waals surface area contributed by atoms with Crippen LogP contribution in [0.15, 0.2) is 35.5 Å². The van der Waals surface area contributed by atoms with E-state index in [1.54, 1.807) is 6.92 Å². The van der Waals surface area contributed by atoms with Crippen molar-refractivity contribution in [3.63, 3.8) is 0 Å². The summed E-state index contributed by atoms with van der Waals surface area (Å²) in [5.41, 5.74) is -6.09. The van der Waals surface area contributed by atoms with E-state index in [0.717, 1.165) is 0 Å². The Kier molecular flexibility index (Phi) is 7.60. The highest BCUT2D eigenvalue weighted by molar-refractivity contribution is 6.30. The fraction of sp³-hybridized carbons (Fsp3) is 0.423. The molecule has 0 spiro atoms. The molecular formula is C26H21ClF7N3O2. The van der Waals surface area contributed by atoms with Gasteiger partial charge in [-0.3, -0.25) is 4.79 Å². The van der Waals surface area contributed by atoms with Crippen LogP contribution in [-0.4, -0.2) is 23.8 Å². The maximum Gasteiger partial charge on any atom is 0.435 e. The lowest BCUT2D eigenvalue weighted by atomic mass is 9.85. The molecule has 1 fully saturated rings. The first-order valence-corrected chi connectivity index (χ1v) is 12.2. The van der Waals surface area contributed by atoms with E-state index in [1.807, 2.05) is 0 Å². The first-order valence-electron chi connectivity index (χ1n) is 11.9. The number of nitrogens with zero attached hydrogens (tertiary/aromatic N) is 2. The number of oxime groups is 1. The smallest absolute Gasteiger partial charge is 0.374 e. The van der Waals surface area contributed by atoms with E-state index in [-0.39, 0.29) is 40.9 Å². The quantitative estimate of drug-likeness (QED) is 0.392. The highest BCUT2D eigenvalue weighted by Crippen LogP contribution is 2.51. The minimum atomic E-state index is -5.37. The molecule has 2 aromatic rings. The van der Waals surface area contributed by atoms with Gasteiger partial charge >= 0.3 is 12.4 Å². The SMILES string of the molecule is Cc1cc(C2=NO[C@](c3cc(C(F)(F)F)cc(Cl)c3F)(C(F)(F)F)C2)ccc1C(=O)N[C@H]1CC[C@@H](C#N)CC1. The average Bonchev–Trinajstić information content (AvgIpc) is 3.32. The van der Waals surface area contributed by atoms with Gasteiger partial charge in [-0.05, 0) is 68.0 Å². The Labute approximate surface area is 223 Å². The fourth-order valence-electron chi connectivity index (χ4n) is 4.81. The predicted molar refractivity (Wildman–Crippen MR) is 126 cm³/mol. The molecule has 1 amide bonds. The summed E-state index contributed by atoms with van der Waals surface area (Å²) in [6.45, 7) is 1.56. The van der Waals surface area contributed by atoms with Crippen LogP contribution in [0.1, 0.15) is 64.7 Å². The largest absolute Gasteiger partial charge is 0.435 e. The van der Waals surface area contributed by atoms with Gasteiger partial charge in [-0.2, -0.15) is 31.6 Å². The van der Waals surface area contributed by atoms with Crippen molar-refractivity contribution in [1.29, 1.82) is 5.26 Å². The molecule has 2 aliphatic rings. The second kappa shape index (κ2) is 10.3. The summed E-state index contributed by atoms with van der Waals surface area (Å²) in [5.74, 6) is -2.14. The van der Waals surface area contributed by atoms with Crippen molar-refractivity contribution in [1.82, 2.24) is 5.32 Å². The Morgan fingerprint density at radius 2 is 1.79 bits per heavy atom. The minimum Gasteiger partial charge on any atom is -0.374 e. The molecule has 1 atom stereocenters. The second-order valence-corrected chi connectivity index (χ2v) is 10.0. The number of nitriles is 1. The van der Waals surface area contributed by atoms with Crippen LogP contribution in [-0.2, 0) is 16.6 Å². The van der Waals surface area contributed by atoms with E-state index >= 15 is 0 Å². The van der Waals surface area contributed by atoms with Gasteiger partial charge in [0.05, 0.1) is 28.8 Å². The summed E-state index contributed by atoms with van der Waals surface area (Å²) in [5, 5.41) is 14.2. The summed E-state index contributed by atoms with van der Waals surface area (Å²) in [6, 6.07) is 6.43. The molecule has 208 valence electrons. The van der Waals surface area contributed by atoms with E-state index < -0.39 is 52.2 Å². The standard InChI is InChI=1S/C26H21ClF7N3O2/c1-13-8-15(4-7-18(13)23(38)36-17-5-2-14(12-35)3-6-17)21-11-24(39-37-21,26(32,33)34)19-9-16(25(29,30)31)10-20(27)22(19)28/h4,7-10,14,17H,2-3,5-6,11H2,1H3,(H,36,38)/t14-,17+,24-/m1/s1. The zero-order chi connectivity index (χ0) is 28.8. The Bertz CT molecular complexity index is 1360. The van der Waals surface area contributed by atoms with Crippen LogP contribution in [0.2, 0.25) is 5.02 Å². The van der Waals surface area contributed by atoms with E-state index in [9.17, 15) is 35.5 Å². The summed E-state index contributed by atoms with van der Waals surface area (Å²) in [6.07, 6.45) is -8.97. The molecule has 1 aliphatic heterocycles. The van der Waals surface area contributed by atoms with Crippen molar-refractivity contribution < 1.29 is 40.4 Å². The van der Waals surface area contributed by atoms with Crippen LogP contribution in [0.4, 0.5) is 30.7 Å². The predicted octanol–water partition coefficient (Wildman–Crippen LogP) is 7.20. The third-order valence-electron chi connectivity index (χ3n) is 7.03. The van der Waals surface area contributed by atoms with Crippen molar-refractivity contribution in [2.24, 2.45) is 11.1 Å². The normalized spacial score (nSPS) is 23.5. The van der Waals surface area contributed by atoms with Gasteiger partial charge in [-0.1, -0.05) is 22.8 Å². The monoisotopic (exact) mass is 575 g/mol. The third kappa shape index (κ3) is 5.55. The van der Waals surface area contributed by atoms with Crippen LogP contribution in [0.5, 0.6) is 0 Å². The van der Waals surface area contributed by atoms with Crippen LogP contribution in [0, 0.1) is 30.0 Å². The number of amides is 1. The molecule has 1 heterocycles. The lowest BCUT2D eigenvalue weighted by Gasteiger charge is -2.30. The van der Waals surface area contributed by atoms with E-state index in [0.29, 0.717) is 31.2 Å². The Morgan fingerprint density at radius 1 is 1.13 bits per heavy atom. The number of carbonyl (C=O) groups is 1. The molecule has 0 saturated heterocycles. The van der Waals surface area contributed by atoms with Gasteiger partial charge in [0.2, 0.25) is 0 Å². The number of nitrogens with one attached hydrogen (secondary N) is 1. The Balaban J connectivity index is 1.59. The number of hydrogen-bond donors (Lipinski definition) is 1. The van der Waals surface area contributed by atoms with E-state index in [2.05, 4.69) is 16.5 Å². The highest BCUT2D eigenvalue weighted by atomic mass is 35.5. The summed E-state index contributed by atoms with van der Waals surface area (Å²) in [7, 11) is 0. The second-order valence-electron chi connectivity index (χ2n) is 9.63. The minimum absolute atomic E-state index is 0.0237. The zero-order valence-electron chi connectivity index (χ0n) is 20.3. The van der Waals surface area contributed by atoms with Gasteiger partial charge in [-0.15, -0.1) is 0 Å². The van der Waals surface area contributed by atoms with Crippen LogP contribution in [0.25, 0.3) is 0 Å². The number of rotatable bonds is 4. The Hall–Kier alpha value is -3.33.